The second-order valence-electron chi connectivity index (χ2n) is 5.62. The molecule has 0 aliphatic rings. The summed E-state index contributed by atoms with van der Waals surface area (Å²) >= 11 is 0. The molecule has 1 amide bonds. The van der Waals surface area contributed by atoms with Crippen molar-refractivity contribution in [2.45, 2.75) is 72.8 Å². The highest BCUT2D eigenvalue weighted by Crippen LogP contribution is 2.02. The van der Waals surface area contributed by atoms with Gasteiger partial charge in [-0.15, -0.1) is 24.0 Å². The van der Waals surface area contributed by atoms with Crippen molar-refractivity contribution in [2.24, 2.45) is 4.99 Å². The molecule has 0 aliphatic heterocycles. The van der Waals surface area contributed by atoms with Crippen molar-refractivity contribution in [3.05, 3.63) is 0 Å². The molecule has 138 valence electrons. The van der Waals surface area contributed by atoms with E-state index in [1.807, 2.05) is 18.7 Å². The number of amides is 1. The van der Waals surface area contributed by atoms with E-state index < -0.39 is 0 Å². The molecule has 6 heteroatoms. The highest BCUT2D eigenvalue weighted by Gasteiger charge is 2.09. The van der Waals surface area contributed by atoms with E-state index in [1.54, 1.807) is 0 Å². The molecule has 0 aromatic carbocycles. The lowest BCUT2D eigenvalue weighted by Gasteiger charge is -2.19. The average Bonchev–Trinajstić information content (AvgIpc) is 2.49. The van der Waals surface area contributed by atoms with Crippen LogP contribution in [-0.4, -0.2) is 49.0 Å². The lowest BCUT2D eigenvalue weighted by Crippen LogP contribution is -2.42. The Morgan fingerprint density at radius 1 is 1.13 bits per heavy atom. The molecule has 2 N–H and O–H groups in total. The van der Waals surface area contributed by atoms with Gasteiger partial charge in [0.15, 0.2) is 5.96 Å². The summed E-state index contributed by atoms with van der Waals surface area (Å²) < 4.78 is 0. The first-order chi connectivity index (χ1) is 10.6. The molecule has 0 aliphatic carbocycles. The summed E-state index contributed by atoms with van der Waals surface area (Å²) in [7, 11) is 0. The van der Waals surface area contributed by atoms with Crippen LogP contribution in [0.25, 0.3) is 0 Å². The molecule has 0 aromatic rings. The summed E-state index contributed by atoms with van der Waals surface area (Å²) in [6.07, 6.45) is 5.38. The maximum atomic E-state index is 12.0. The molecule has 0 fully saturated rings. The number of carbonyl (C=O) groups excluding carboxylic acids is 1. The molecule has 1 atom stereocenters. The Hall–Kier alpha value is -0.530. The summed E-state index contributed by atoms with van der Waals surface area (Å²) in [5, 5.41) is 6.67. The Kier molecular flexibility index (Phi) is 17.6. The van der Waals surface area contributed by atoms with Crippen molar-refractivity contribution in [3.8, 4) is 0 Å². The molecular weight excluding hydrogens is 403 g/mol. The minimum atomic E-state index is 0. The van der Waals surface area contributed by atoms with E-state index >= 15 is 0 Å². The Morgan fingerprint density at radius 3 is 2.30 bits per heavy atom. The van der Waals surface area contributed by atoms with E-state index in [0.717, 1.165) is 32.0 Å². The second kappa shape index (κ2) is 16.3. The number of aliphatic imine (C=N–C) groups is 1. The predicted molar refractivity (Wildman–Crippen MR) is 111 cm³/mol. The van der Waals surface area contributed by atoms with Gasteiger partial charge in [0.1, 0.15) is 0 Å². The number of rotatable bonds is 11. The van der Waals surface area contributed by atoms with Gasteiger partial charge in [0.2, 0.25) is 5.91 Å². The minimum absolute atomic E-state index is 0. The van der Waals surface area contributed by atoms with Crippen molar-refractivity contribution in [1.82, 2.24) is 15.5 Å². The van der Waals surface area contributed by atoms with Crippen LogP contribution in [0.1, 0.15) is 66.7 Å². The molecule has 23 heavy (non-hydrogen) atoms. The SMILES string of the molecule is CCCCCC(C)NC(=NCCC(=O)N(CC)CC)NCC.I. The highest BCUT2D eigenvalue weighted by molar-refractivity contribution is 14.0. The van der Waals surface area contributed by atoms with Gasteiger partial charge in [0.05, 0.1) is 6.54 Å². The van der Waals surface area contributed by atoms with Crippen molar-refractivity contribution in [3.63, 3.8) is 0 Å². The fourth-order valence-electron chi connectivity index (χ4n) is 2.32. The molecule has 0 spiro atoms. The maximum Gasteiger partial charge on any atom is 0.224 e. The quantitative estimate of drug-likeness (QED) is 0.224. The number of nitrogens with zero attached hydrogens (tertiary/aromatic N) is 2. The van der Waals surface area contributed by atoms with Gasteiger partial charge in [-0.2, -0.15) is 0 Å². The standard InChI is InChI=1S/C17H36N4O.HI/c1-6-10-11-12-15(5)20-17(18-7-2)19-14-13-16(22)21(8-3)9-4;/h15H,6-14H2,1-5H3,(H2,18,19,20);1H. The van der Waals surface area contributed by atoms with E-state index in [9.17, 15) is 4.79 Å². The first-order valence-electron chi connectivity index (χ1n) is 8.91. The zero-order valence-electron chi connectivity index (χ0n) is 15.7. The molecule has 0 saturated carbocycles. The van der Waals surface area contributed by atoms with Crippen molar-refractivity contribution in [1.29, 1.82) is 0 Å². The zero-order valence-corrected chi connectivity index (χ0v) is 18.0. The van der Waals surface area contributed by atoms with Gasteiger partial charge in [-0.25, -0.2) is 0 Å². The lowest BCUT2D eigenvalue weighted by molar-refractivity contribution is -0.130. The van der Waals surface area contributed by atoms with Gasteiger partial charge >= 0.3 is 0 Å². The number of hydrogen-bond acceptors (Lipinski definition) is 2. The molecule has 0 bridgehead atoms. The van der Waals surface area contributed by atoms with Gasteiger partial charge in [-0.05, 0) is 34.1 Å². The third kappa shape index (κ3) is 12.5. The molecule has 0 radical (unpaired) electrons. The fraction of sp³-hybridized carbons (Fsp3) is 0.882. The van der Waals surface area contributed by atoms with Crippen LogP contribution >= 0.6 is 24.0 Å². The molecular formula is C17H37IN4O. The Morgan fingerprint density at radius 2 is 1.78 bits per heavy atom. The summed E-state index contributed by atoms with van der Waals surface area (Å²) in [5.74, 6) is 0.999. The van der Waals surface area contributed by atoms with Crippen LogP contribution in [0.4, 0.5) is 0 Å². The van der Waals surface area contributed by atoms with E-state index in [0.29, 0.717) is 19.0 Å². The van der Waals surface area contributed by atoms with Crippen LogP contribution in [0.2, 0.25) is 0 Å². The van der Waals surface area contributed by atoms with E-state index in [1.165, 1.54) is 19.3 Å². The second-order valence-corrected chi connectivity index (χ2v) is 5.62. The predicted octanol–water partition coefficient (Wildman–Crippen LogP) is 3.39. The average molecular weight is 440 g/mol. The normalized spacial score (nSPS) is 12.3. The van der Waals surface area contributed by atoms with Crippen LogP contribution in [0.15, 0.2) is 4.99 Å². The Bertz CT molecular complexity index is 320. The maximum absolute atomic E-state index is 12.0. The van der Waals surface area contributed by atoms with Crippen molar-refractivity contribution >= 4 is 35.8 Å². The molecule has 0 heterocycles. The fourth-order valence-corrected chi connectivity index (χ4v) is 2.32. The highest BCUT2D eigenvalue weighted by atomic mass is 127. The van der Waals surface area contributed by atoms with Crippen LogP contribution in [-0.2, 0) is 4.79 Å². The van der Waals surface area contributed by atoms with Crippen LogP contribution in [0, 0.1) is 0 Å². The van der Waals surface area contributed by atoms with Crippen LogP contribution < -0.4 is 10.6 Å². The summed E-state index contributed by atoms with van der Waals surface area (Å²) in [5.41, 5.74) is 0. The first kappa shape index (κ1) is 24.7. The number of halogens is 1. The number of nitrogens with one attached hydrogen (secondary N) is 2. The smallest absolute Gasteiger partial charge is 0.224 e. The van der Waals surface area contributed by atoms with Crippen LogP contribution in [0.5, 0.6) is 0 Å². The molecule has 1 unspecified atom stereocenters. The first-order valence-corrected chi connectivity index (χ1v) is 8.91. The van der Waals surface area contributed by atoms with E-state index in [-0.39, 0.29) is 29.9 Å². The van der Waals surface area contributed by atoms with Gasteiger partial charge in [-0.1, -0.05) is 26.2 Å². The topological polar surface area (TPSA) is 56.7 Å². The molecule has 0 rings (SSSR count). The van der Waals surface area contributed by atoms with Gasteiger partial charge in [-0.3, -0.25) is 9.79 Å². The van der Waals surface area contributed by atoms with E-state index in [2.05, 4.69) is 36.4 Å². The number of hydrogen-bond donors (Lipinski definition) is 2. The third-order valence-electron chi connectivity index (χ3n) is 3.68. The molecule has 5 nitrogen and oxygen atoms in total. The summed E-state index contributed by atoms with van der Waals surface area (Å²) in [6, 6.07) is 0.405. The number of unbranched alkanes of at least 4 members (excludes halogenated alkanes) is 2. The van der Waals surface area contributed by atoms with E-state index in [4.69, 9.17) is 0 Å². The number of carbonyl (C=O) groups is 1. The summed E-state index contributed by atoms with van der Waals surface area (Å²) in [4.78, 5) is 18.3. The Balaban J connectivity index is 0. The third-order valence-corrected chi connectivity index (χ3v) is 3.68. The minimum Gasteiger partial charge on any atom is -0.357 e. The summed E-state index contributed by atoms with van der Waals surface area (Å²) in [6.45, 7) is 13.4. The molecule has 0 aromatic heterocycles. The van der Waals surface area contributed by atoms with Crippen molar-refractivity contribution in [2.75, 3.05) is 26.2 Å². The lowest BCUT2D eigenvalue weighted by atomic mass is 10.1. The Labute approximate surface area is 160 Å². The van der Waals surface area contributed by atoms with Gasteiger partial charge in [0, 0.05) is 32.1 Å². The van der Waals surface area contributed by atoms with Gasteiger partial charge in [0.25, 0.3) is 0 Å². The van der Waals surface area contributed by atoms with Gasteiger partial charge < -0.3 is 15.5 Å². The monoisotopic (exact) mass is 440 g/mol. The zero-order chi connectivity index (χ0) is 16.8. The largest absolute Gasteiger partial charge is 0.357 e. The van der Waals surface area contributed by atoms with Crippen LogP contribution in [0.3, 0.4) is 0 Å². The number of guanidine groups is 1. The van der Waals surface area contributed by atoms with Crippen molar-refractivity contribution < 1.29 is 4.79 Å². The molecule has 0 saturated heterocycles.